The Bertz CT molecular complexity index is 566. The summed E-state index contributed by atoms with van der Waals surface area (Å²) in [5.74, 6) is 0.0766. The van der Waals surface area contributed by atoms with Gasteiger partial charge in [0.05, 0.1) is 10.6 Å². The van der Waals surface area contributed by atoms with Crippen LogP contribution in [0.4, 0.5) is 4.39 Å². The molecule has 0 aliphatic rings. The van der Waals surface area contributed by atoms with Gasteiger partial charge in [0.15, 0.2) is 0 Å². The lowest BCUT2D eigenvalue weighted by atomic mass is 9.98. The fraction of sp³-hybridized carbons (Fsp3) is 0.429. The molecule has 0 saturated heterocycles. The van der Waals surface area contributed by atoms with Gasteiger partial charge in [-0.2, -0.15) is 0 Å². The minimum atomic E-state index is -0.223. The predicted molar refractivity (Wildman–Crippen MR) is 75.8 cm³/mol. The molecule has 0 spiro atoms. The largest absolute Gasteiger partial charge is 0.323 e. The topological polar surface area (TPSA) is 51.8 Å². The molecule has 0 bridgehead atoms. The molecule has 3 nitrogen and oxygen atoms in total. The van der Waals surface area contributed by atoms with E-state index in [0.717, 1.165) is 21.7 Å². The number of nitrogens with two attached hydrogens (primary N) is 1. The van der Waals surface area contributed by atoms with Gasteiger partial charge in [0, 0.05) is 6.04 Å². The third-order valence-electron chi connectivity index (χ3n) is 3.17. The Labute approximate surface area is 116 Å². The van der Waals surface area contributed by atoms with Crippen molar-refractivity contribution in [1.29, 1.82) is 0 Å². The molecule has 1 aromatic carbocycles. The van der Waals surface area contributed by atoms with Crippen LogP contribution in [-0.4, -0.2) is 9.59 Å². The van der Waals surface area contributed by atoms with E-state index in [9.17, 15) is 4.39 Å². The molecule has 0 amide bonds. The van der Waals surface area contributed by atoms with Crippen molar-refractivity contribution < 1.29 is 4.39 Å². The molecule has 19 heavy (non-hydrogen) atoms. The lowest BCUT2D eigenvalue weighted by molar-refractivity contribution is 0.620. The first-order chi connectivity index (χ1) is 8.99. The van der Waals surface area contributed by atoms with Crippen molar-refractivity contribution in [3.8, 4) is 0 Å². The monoisotopic (exact) mass is 279 g/mol. The zero-order valence-corrected chi connectivity index (χ0v) is 12.2. The zero-order chi connectivity index (χ0) is 14.0. The van der Waals surface area contributed by atoms with E-state index in [4.69, 9.17) is 5.73 Å². The molecule has 2 rings (SSSR count). The van der Waals surface area contributed by atoms with Gasteiger partial charge in [0.2, 0.25) is 0 Å². The second-order valence-electron chi connectivity index (χ2n) is 5.06. The van der Waals surface area contributed by atoms with Crippen LogP contribution in [0.1, 0.15) is 47.5 Å². The molecule has 0 aliphatic carbocycles. The molecule has 102 valence electrons. The summed E-state index contributed by atoms with van der Waals surface area (Å²) in [4.78, 5) is 0.999. The highest BCUT2D eigenvalue weighted by atomic mass is 32.1. The molecule has 5 heteroatoms. The minimum Gasteiger partial charge on any atom is -0.323 e. The normalized spacial score (nSPS) is 12.9. The molecule has 0 aliphatic heterocycles. The van der Waals surface area contributed by atoms with Crippen molar-refractivity contribution in [3.05, 3.63) is 45.7 Å². The maximum absolute atomic E-state index is 13.3. The number of aryl methyl sites for hydroxylation is 1. The Morgan fingerprint density at radius 3 is 2.79 bits per heavy atom. The molecule has 1 heterocycles. The van der Waals surface area contributed by atoms with Gasteiger partial charge in [0.1, 0.15) is 5.82 Å². The van der Waals surface area contributed by atoms with E-state index in [-0.39, 0.29) is 11.9 Å². The van der Waals surface area contributed by atoms with E-state index < -0.39 is 0 Å². The van der Waals surface area contributed by atoms with E-state index in [1.54, 1.807) is 12.1 Å². The fourth-order valence-electron chi connectivity index (χ4n) is 2.05. The second kappa shape index (κ2) is 5.75. The number of aromatic nitrogens is 2. The predicted octanol–water partition coefficient (Wildman–Crippen LogP) is 3.35. The summed E-state index contributed by atoms with van der Waals surface area (Å²) in [6, 6.07) is 4.63. The Morgan fingerprint density at radius 2 is 2.11 bits per heavy atom. The van der Waals surface area contributed by atoms with E-state index >= 15 is 0 Å². The van der Waals surface area contributed by atoms with Crippen LogP contribution in [0.5, 0.6) is 0 Å². The molecule has 0 radical (unpaired) electrons. The molecular formula is C14H18FN3S. The first-order valence-electron chi connectivity index (χ1n) is 6.31. The molecule has 2 aromatic rings. The van der Waals surface area contributed by atoms with E-state index in [2.05, 4.69) is 23.4 Å². The molecule has 1 atom stereocenters. The summed E-state index contributed by atoms with van der Waals surface area (Å²) in [6.07, 6.45) is 0.604. The zero-order valence-electron chi connectivity index (χ0n) is 11.4. The summed E-state index contributed by atoms with van der Waals surface area (Å²) in [5, 5.41) is 4.13. The average molecular weight is 279 g/mol. The summed E-state index contributed by atoms with van der Waals surface area (Å²) >= 11 is 1.34. The van der Waals surface area contributed by atoms with Gasteiger partial charge in [-0.15, -0.1) is 5.10 Å². The number of benzene rings is 1. The Morgan fingerprint density at radius 1 is 1.37 bits per heavy atom. The van der Waals surface area contributed by atoms with E-state index in [1.165, 1.54) is 17.6 Å². The van der Waals surface area contributed by atoms with Crippen LogP contribution < -0.4 is 5.73 Å². The van der Waals surface area contributed by atoms with Gasteiger partial charge in [-0.25, -0.2) is 4.39 Å². The lowest BCUT2D eigenvalue weighted by Gasteiger charge is -2.14. The minimum absolute atomic E-state index is 0.183. The second-order valence-corrected chi connectivity index (χ2v) is 5.84. The van der Waals surface area contributed by atoms with Crippen molar-refractivity contribution in [1.82, 2.24) is 9.59 Å². The van der Waals surface area contributed by atoms with Gasteiger partial charge < -0.3 is 5.73 Å². The van der Waals surface area contributed by atoms with Crippen LogP contribution in [0.15, 0.2) is 18.2 Å². The summed E-state index contributed by atoms with van der Waals surface area (Å²) < 4.78 is 17.3. The third-order valence-corrected chi connectivity index (χ3v) is 4.05. The van der Waals surface area contributed by atoms with Crippen LogP contribution >= 0.6 is 11.5 Å². The average Bonchev–Trinajstić information content (AvgIpc) is 2.83. The highest BCUT2D eigenvalue weighted by molar-refractivity contribution is 7.05. The number of hydrogen-bond donors (Lipinski definition) is 1. The fourth-order valence-corrected chi connectivity index (χ4v) is 2.86. The molecule has 1 aromatic heterocycles. The summed E-state index contributed by atoms with van der Waals surface area (Å²) in [5.41, 5.74) is 9.18. The van der Waals surface area contributed by atoms with Crippen molar-refractivity contribution in [2.45, 2.75) is 39.2 Å². The van der Waals surface area contributed by atoms with Crippen LogP contribution in [0.2, 0.25) is 0 Å². The standard InChI is InChI=1S/C14H18FN3S/c1-8(2)13-14(19-18-17-13)12(16)7-10-6-11(15)5-4-9(10)3/h4-6,8,12H,7,16H2,1-3H3. The number of hydrogen-bond acceptors (Lipinski definition) is 4. The van der Waals surface area contributed by atoms with Crippen LogP contribution in [0.25, 0.3) is 0 Å². The highest BCUT2D eigenvalue weighted by Gasteiger charge is 2.19. The molecule has 0 saturated carbocycles. The van der Waals surface area contributed by atoms with Crippen LogP contribution in [0.3, 0.4) is 0 Å². The van der Waals surface area contributed by atoms with Crippen molar-refractivity contribution in [3.63, 3.8) is 0 Å². The first-order valence-corrected chi connectivity index (χ1v) is 7.09. The lowest BCUT2D eigenvalue weighted by Crippen LogP contribution is -2.15. The van der Waals surface area contributed by atoms with Crippen molar-refractivity contribution in [2.24, 2.45) is 5.73 Å². The smallest absolute Gasteiger partial charge is 0.123 e. The number of nitrogens with zero attached hydrogens (tertiary/aromatic N) is 2. The van der Waals surface area contributed by atoms with E-state index in [0.29, 0.717) is 12.3 Å². The van der Waals surface area contributed by atoms with Crippen LogP contribution in [0, 0.1) is 12.7 Å². The SMILES string of the molecule is Cc1ccc(F)cc1CC(N)c1snnc1C(C)C. The maximum atomic E-state index is 13.3. The van der Waals surface area contributed by atoms with Gasteiger partial charge in [-0.3, -0.25) is 0 Å². The molecule has 1 unspecified atom stereocenters. The number of rotatable bonds is 4. The van der Waals surface area contributed by atoms with Gasteiger partial charge in [-0.1, -0.05) is 24.4 Å². The quantitative estimate of drug-likeness (QED) is 0.933. The number of halogens is 1. The van der Waals surface area contributed by atoms with Gasteiger partial charge in [0.25, 0.3) is 0 Å². The van der Waals surface area contributed by atoms with Gasteiger partial charge >= 0.3 is 0 Å². The van der Waals surface area contributed by atoms with E-state index in [1.807, 2.05) is 6.92 Å². The van der Waals surface area contributed by atoms with Gasteiger partial charge in [-0.05, 0) is 54.1 Å². The third kappa shape index (κ3) is 3.16. The first kappa shape index (κ1) is 14.1. The van der Waals surface area contributed by atoms with Crippen LogP contribution in [-0.2, 0) is 6.42 Å². The Hall–Kier alpha value is -1.33. The molecule has 0 fully saturated rings. The van der Waals surface area contributed by atoms with Crippen molar-refractivity contribution >= 4 is 11.5 Å². The summed E-state index contributed by atoms with van der Waals surface area (Å²) in [7, 11) is 0. The molecular weight excluding hydrogens is 261 g/mol. The maximum Gasteiger partial charge on any atom is 0.123 e. The Balaban J connectivity index is 2.23. The molecule has 2 N–H and O–H groups in total. The highest BCUT2D eigenvalue weighted by Crippen LogP contribution is 2.27. The summed E-state index contributed by atoms with van der Waals surface area (Å²) in [6.45, 7) is 6.11. The van der Waals surface area contributed by atoms with Crippen molar-refractivity contribution in [2.75, 3.05) is 0 Å². The Kier molecular flexibility index (Phi) is 4.27.